The fourth-order valence-corrected chi connectivity index (χ4v) is 2.49. The van der Waals surface area contributed by atoms with Gasteiger partial charge in [0.25, 0.3) is 0 Å². The van der Waals surface area contributed by atoms with Crippen LogP contribution in [-0.4, -0.2) is 11.7 Å². The van der Waals surface area contributed by atoms with Gasteiger partial charge in [0.05, 0.1) is 10.6 Å². The van der Waals surface area contributed by atoms with Gasteiger partial charge in [0, 0.05) is 18.0 Å². The highest BCUT2D eigenvalue weighted by atomic mass is 79.9. The van der Waals surface area contributed by atoms with Gasteiger partial charge in [-0.25, -0.2) is 4.39 Å². The lowest BCUT2D eigenvalue weighted by atomic mass is 9.89. The van der Waals surface area contributed by atoms with Crippen LogP contribution in [0.4, 0.5) is 4.39 Å². The Bertz CT molecular complexity index is 547. The predicted octanol–water partition coefficient (Wildman–Crippen LogP) is 3.36. The SMILES string of the molecule is NCC(c1ccccc1)C(O)c1cccc(Br)c1F. The van der Waals surface area contributed by atoms with Crippen molar-refractivity contribution in [3.63, 3.8) is 0 Å². The van der Waals surface area contributed by atoms with Crippen molar-refractivity contribution in [2.24, 2.45) is 5.73 Å². The fourth-order valence-electron chi connectivity index (χ4n) is 2.11. The average Bonchev–Trinajstić information content (AvgIpc) is 2.44. The molecular formula is C15H15BrFNO. The monoisotopic (exact) mass is 323 g/mol. The second-order valence-electron chi connectivity index (χ2n) is 4.34. The molecule has 2 unspecified atom stereocenters. The van der Waals surface area contributed by atoms with Crippen LogP contribution in [0.25, 0.3) is 0 Å². The first-order valence-electron chi connectivity index (χ1n) is 6.02. The molecule has 0 fully saturated rings. The molecule has 0 aliphatic rings. The second kappa shape index (κ2) is 6.28. The number of aliphatic hydroxyl groups excluding tert-OH is 1. The first-order chi connectivity index (χ1) is 9.15. The van der Waals surface area contributed by atoms with Gasteiger partial charge in [-0.1, -0.05) is 42.5 Å². The maximum absolute atomic E-state index is 14.0. The predicted molar refractivity (Wildman–Crippen MR) is 77.3 cm³/mol. The number of aliphatic hydroxyl groups is 1. The maximum atomic E-state index is 14.0. The summed E-state index contributed by atoms with van der Waals surface area (Å²) in [5.41, 5.74) is 6.89. The molecule has 2 nitrogen and oxygen atoms in total. The van der Waals surface area contributed by atoms with Crippen molar-refractivity contribution in [3.8, 4) is 0 Å². The quantitative estimate of drug-likeness (QED) is 0.906. The minimum absolute atomic E-state index is 0.247. The molecule has 0 aliphatic carbocycles. The Morgan fingerprint density at radius 1 is 1.11 bits per heavy atom. The van der Waals surface area contributed by atoms with Gasteiger partial charge in [0.2, 0.25) is 0 Å². The summed E-state index contributed by atoms with van der Waals surface area (Å²) in [6.45, 7) is 0.247. The first-order valence-corrected chi connectivity index (χ1v) is 6.81. The van der Waals surface area contributed by atoms with Crippen LogP contribution in [-0.2, 0) is 0 Å². The summed E-state index contributed by atoms with van der Waals surface area (Å²) in [5.74, 6) is -0.769. The van der Waals surface area contributed by atoms with Crippen molar-refractivity contribution < 1.29 is 9.50 Å². The van der Waals surface area contributed by atoms with E-state index < -0.39 is 11.9 Å². The smallest absolute Gasteiger partial charge is 0.143 e. The molecule has 0 radical (unpaired) electrons. The van der Waals surface area contributed by atoms with E-state index in [1.807, 2.05) is 30.3 Å². The molecule has 3 N–H and O–H groups in total. The van der Waals surface area contributed by atoms with Crippen molar-refractivity contribution in [1.29, 1.82) is 0 Å². The van der Waals surface area contributed by atoms with Gasteiger partial charge in [-0.15, -0.1) is 0 Å². The molecule has 0 bridgehead atoms. The summed E-state index contributed by atoms with van der Waals surface area (Å²) in [6, 6.07) is 14.3. The van der Waals surface area contributed by atoms with Crippen molar-refractivity contribution in [2.75, 3.05) is 6.54 Å². The van der Waals surface area contributed by atoms with Gasteiger partial charge in [-0.05, 0) is 27.6 Å². The van der Waals surface area contributed by atoms with Crippen molar-refractivity contribution in [2.45, 2.75) is 12.0 Å². The Morgan fingerprint density at radius 3 is 2.42 bits per heavy atom. The second-order valence-corrected chi connectivity index (χ2v) is 5.20. The van der Waals surface area contributed by atoms with Gasteiger partial charge >= 0.3 is 0 Å². The van der Waals surface area contributed by atoms with E-state index in [0.717, 1.165) is 5.56 Å². The van der Waals surface area contributed by atoms with E-state index in [2.05, 4.69) is 15.9 Å². The fraction of sp³-hybridized carbons (Fsp3) is 0.200. The number of halogens is 2. The Balaban J connectivity index is 2.36. The lowest BCUT2D eigenvalue weighted by molar-refractivity contribution is 0.143. The maximum Gasteiger partial charge on any atom is 0.143 e. The van der Waals surface area contributed by atoms with E-state index in [-0.39, 0.29) is 18.0 Å². The van der Waals surface area contributed by atoms with Gasteiger partial charge in [0.1, 0.15) is 5.82 Å². The molecule has 2 rings (SSSR count). The van der Waals surface area contributed by atoms with E-state index in [4.69, 9.17) is 5.73 Å². The van der Waals surface area contributed by atoms with Crippen LogP contribution in [0.15, 0.2) is 53.0 Å². The molecule has 0 aliphatic heterocycles. The minimum Gasteiger partial charge on any atom is -0.388 e. The molecule has 4 heteroatoms. The molecule has 2 atom stereocenters. The van der Waals surface area contributed by atoms with Crippen molar-refractivity contribution in [1.82, 2.24) is 0 Å². The molecule has 0 aromatic heterocycles. The third kappa shape index (κ3) is 3.03. The molecule has 0 saturated carbocycles. The Kier molecular flexibility index (Phi) is 4.69. The van der Waals surface area contributed by atoms with Crippen LogP contribution < -0.4 is 5.73 Å². The summed E-state index contributed by atoms with van der Waals surface area (Å²) < 4.78 is 14.4. The van der Waals surface area contributed by atoms with E-state index in [0.29, 0.717) is 4.47 Å². The highest BCUT2D eigenvalue weighted by Crippen LogP contribution is 2.33. The highest BCUT2D eigenvalue weighted by Gasteiger charge is 2.24. The Labute approximate surface area is 120 Å². The molecule has 0 saturated heterocycles. The van der Waals surface area contributed by atoms with E-state index in [1.54, 1.807) is 18.2 Å². The van der Waals surface area contributed by atoms with Gasteiger partial charge in [0.15, 0.2) is 0 Å². The number of nitrogens with two attached hydrogens (primary N) is 1. The zero-order chi connectivity index (χ0) is 13.8. The third-order valence-electron chi connectivity index (χ3n) is 3.16. The Morgan fingerprint density at radius 2 is 1.79 bits per heavy atom. The van der Waals surface area contributed by atoms with E-state index in [9.17, 15) is 9.50 Å². The number of benzene rings is 2. The van der Waals surface area contributed by atoms with E-state index >= 15 is 0 Å². The van der Waals surface area contributed by atoms with Crippen molar-refractivity contribution >= 4 is 15.9 Å². The molecular weight excluding hydrogens is 309 g/mol. The zero-order valence-electron chi connectivity index (χ0n) is 10.3. The minimum atomic E-state index is -0.968. The summed E-state index contributed by atoms with van der Waals surface area (Å²) in [6.07, 6.45) is -0.968. The van der Waals surface area contributed by atoms with Crippen molar-refractivity contribution in [3.05, 3.63) is 69.9 Å². The lowest BCUT2D eigenvalue weighted by Gasteiger charge is -2.23. The molecule has 0 spiro atoms. The number of rotatable bonds is 4. The zero-order valence-corrected chi connectivity index (χ0v) is 11.8. The van der Waals surface area contributed by atoms with Crippen LogP contribution in [0, 0.1) is 5.82 Å². The van der Waals surface area contributed by atoms with Crippen LogP contribution in [0.5, 0.6) is 0 Å². The third-order valence-corrected chi connectivity index (χ3v) is 3.78. The molecule has 100 valence electrons. The first kappa shape index (κ1) is 14.2. The normalized spacial score (nSPS) is 14.1. The Hall–Kier alpha value is -1.23. The highest BCUT2D eigenvalue weighted by molar-refractivity contribution is 9.10. The number of hydrogen-bond donors (Lipinski definition) is 2. The van der Waals surface area contributed by atoms with Gasteiger partial charge in [-0.3, -0.25) is 0 Å². The van der Waals surface area contributed by atoms with Crippen LogP contribution in [0.2, 0.25) is 0 Å². The summed E-state index contributed by atoms with van der Waals surface area (Å²) in [5, 5.41) is 10.4. The van der Waals surface area contributed by atoms with Gasteiger partial charge in [-0.2, -0.15) is 0 Å². The standard InChI is InChI=1S/C15H15BrFNO/c16-13-8-4-7-11(14(13)17)15(19)12(9-18)10-5-2-1-3-6-10/h1-8,12,15,19H,9,18H2. The molecule has 2 aromatic carbocycles. The van der Waals surface area contributed by atoms with Gasteiger partial charge < -0.3 is 10.8 Å². The largest absolute Gasteiger partial charge is 0.388 e. The summed E-state index contributed by atoms with van der Waals surface area (Å²) in [7, 11) is 0. The van der Waals surface area contributed by atoms with Crippen LogP contribution in [0.3, 0.4) is 0 Å². The lowest BCUT2D eigenvalue weighted by Crippen LogP contribution is -2.21. The summed E-state index contributed by atoms with van der Waals surface area (Å²) >= 11 is 3.12. The molecule has 19 heavy (non-hydrogen) atoms. The summed E-state index contributed by atoms with van der Waals surface area (Å²) in [4.78, 5) is 0. The number of hydrogen-bond acceptors (Lipinski definition) is 2. The van der Waals surface area contributed by atoms with E-state index in [1.165, 1.54) is 0 Å². The molecule has 0 amide bonds. The van der Waals surface area contributed by atoms with Crippen LogP contribution >= 0.6 is 15.9 Å². The molecule has 0 heterocycles. The molecule has 2 aromatic rings. The van der Waals surface area contributed by atoms with Crippen LogP contribution in [0.1, 0.15) is 23.1 Å². The average molecular weight is 324 g/mol. The topological polar surface area (TPSA) is 46.2 Å².